The summed E-state index contributed by atoms with van der Waals surface area (Å²) >= 11 is 1.44. The number of benzene rings is 2. The highest BCUT2D eigenvalue weighted by Crippen LogP contribution is 2.36. The van der Waals surface area contributed by atoms with Crippen molar-refractivity contribution in [1.82, 2.24) is 10.3 Å². The second-order valence-corrected chi connectivity index (χ2v) is 12.5. The molecule has 0 aliphatic carbocycles. The van der Waals surface area contributed by atoms with E-state index in [2.05, 4.69) is 15.6 Å². The number of anilines is 1. The van der Waals surface area contributed by atoms with Gasteiger partial charge < -0.3 is 10.6 Å². The fourth-order valence-electron chi connectivity index (χ4n) is 3.27. The number of sulfone groups is 1. The Hall–Kier alpha value is -2.65. The van der Waals surface area contributed by atoms with Crippen LogP contribution in [0.3, 0.4) is 0 Å². The molecule has 0 saturated heterocycles. The molecule has 0 radical (unpaired) electrons. The van der Waals surface area contributed by atoms with E-state index in [1.807, 2.05) is 42.5 Å². The van der Waals surface area contributed by atoms with Gasteiger partial charge in [-0.15, -0.1) is 11.8 Å². The van der Waals surface area contributed by atoms with Crippen LogP contribution in [0, 0.1) is 0 Å². The van der Waals surface area contributed by atoms with E-state index >= 15 is 0 Å². The number of thioether (sulfide) groups is 1. The standard InChI is InChI=1S/C23H25F3N4O4S3/c24-23(25,26)36(31,32)22-14-20(37(27,33)34)9-10-21(22)30-18(16-35-19-7-2-1-3-8-19)11-13-28-15-17-6-4-5-12-29-17/h1-10,12,14,18,28,30H,11,13,15-16H2,(H2,27,33,34)/t18-/m1/s1. The van der Waals surface area contributed by atoms with Gasteiger partial charge in [0.1, 0.15) is 4.90 Å². The Morgan fingerprint density at radius 1 is 0.973 bits per heavy atom. The Bertz CT molecular complexity index is 1390. The van der Waals surface area contributed by atoms with Crippen LogP contribution in [0.25, 0.3) is 0 Å². The molecule has 1 atom stereocenters. The number of hydrogen-bond acceptors (Lipinski definition) is 8. The molecule has 4 N–H and O–H groups in total. The summed E-state index contributed by atoms with van der Waals surface area (Å²) in [4.78, 5) is 3.19. The maximum atomic E-state index is 13.4. The molecule has 1 heterocycles. The van der Waals surface area contributed by atoms with Crippen LogP contribution >= 0.6 is 11.8 Å². The third-order valence-corrected chi connectivity index (χ3v) is 8.74. The molecule has 2 aromatic carbocycles. The lowest BCUT2D eigenvalue weighted by atomic mass is 10.2. The number of alkyl halides is 3. The fraction of sp³-hybridized carbons (Fsp3) is 0.261. The van der Waals surface area contributed by atoms with Crippen LogP contribution in [-0.2, 0) is 26.4 Å². The van der Waals surface area contributed by atoms with E-state index in [0.717, 1.165) is 22.7 Å². The van der Waals surface area contributed by atoms with Crippen LogP contribution in [0.5, 0.6) is 0 Å². The van der Waals surface area contributed by atoms with E-state index in [1.165, 1.54) is 11.8 Å². The predicted molar refractivity (Wildman–Crippen MR) is 136 cm³/mol. The zero-order valence-corrected chi connectivity index (χ0v) is 21.8. The number of rotatable bonds is 12. The van der Waals surface area contributed by atoms with Gasteiger partial charge in [-0.2, -0.15) is 13.2 Å². The third kappa shape index (κ3) is 8.17. The van der Waals surface area contributed by atoms with Crippen LogP contribution < -0.4 is 15.8 Å². The largest absolute Gasteiger partial charge is 0.501 e. The van der Waals surface area contributed by atoms with Gasteiger partial charge in [0.25, 0.3) is 9.84 Å². The molecule has 0 spiro atoms. The van der Waals surface area contributed by atoms with Gasteiger partial charge in [0.2, 0.25) is 10.0 Å². The smallest absolute Gasteiger partial charge is 0.380 e. The highest BCUT2D eigenvalue weighted by atomic mass is 32.2. The summed E-state index contributed by atoms with van der Waals surface area (Å²) in [5.74, 6) is 0.387. The van der Waals surface area contributed by atoms with E-state index in [9.17, 15) is 30.0 Å². The van der Waals surface area contributed by atoms with Crippen molar-refractivity contribution in [2.75, 3.05) is 17.6 Å². The third-order valence-electron chi connectivity index (χ3n) is 5.13. The summed E-state index contributed by atoms with van der Waals surface area (Å²) < 4.78 is 88.3. The molecule has 14 heteroatoms. The predicted octanol–water partition coefficient (Wildman–Crippen LogP) is 3.78. The van der Waals surface area contributed by atoms with Gasteiger partial charge in [-0.3, -0.25) is 4.98 Å². The number of hydrogen-bond donors (Lipinski definition) is 3. The second-order valence-electron chi connectivity index (χ2n) is 7.90. The second kappa shape index (κ2) is 12.3. The Kier molecular flexibility index (Phi) is 9.58. The van der Waals surface area contributed by atoms with E-state index in [1.54, 1.807) is 12.3 Å². The number of nitrogens with two attached hydrogens (primary N) is 1. The Labute approximate surface area is 217 Å². The Morgan fingerprint density at radius 2 is 1.68 bits per heavy atom. The molecule has 37 heavy (non-hydrogen) atoms. The summed E-state index contributed by atoms with van der Waals surface area (Å²) in [6.07, 6.45) is 2.07. The number of nitrogens with zero attached hydrogens (tertiary/aromatic N) is 1. The maximum Gasteiger partial charge on any atom is 0.501 e. The zero-order valence-electron chi connectivity index (χ0n) is 19.4. The van der Waals surface area contributed by atoms with Crippen molar-refractivity contribution in [3.05, 3.63) is 78.6 Å². The average Bonchev–Trinajstić information content (AvgIpc) is 2.85. The lowest BCUT2D eigenvalue weighted by Gasteiger charge is -2.23. The first kappa shape index (κ1) is 28.9. The minimum Gasteiger partial charge on any atom is -0.380 e. The molecule has 0 aliphatic rings. The summed E-state index contributed by atoms with van der Waals surface area (Å²) in [7, 11) is -10.3. The van der Waals surface area contributed by atoms with Crippen molar-refractivity contribution in [1.29, 1.82) is 0 Å². The molecule has 0 saturated carbocycles. The Morgan fingerprint density at radius 3 is 2.30 bits per heavy atom. The molecule has 200 valence electrons. The minimum atomic E-state index is -5.88. The maximum absolute atomic E-state index is 13.4. The number of sulfonamides is 1. The molecule has 3 rings (SSSR count). The van der Waals surface area contributed by atoms with E-state index in [0.29, 0.717) is 31.3 Å². The van der Waals surface area contributed by atoms with Gasteiger partial charge >= 0.3 is 5.51 Å². The van der Waals surface area contributed by atoms with E-state index in [4.69, 9.17) is 5.14 Å². The lowest BCUT2D eigenvalue weighted by molar-refractivity contribution is -0.0435. The quantitative estimate of drug-likeness (QED) is 0.220. The number of primary sulfonamides is 1. The average molecular weight is 575 g/mol. The van der Waals surface area contributed by atoms with Crippen LogP contribution in [0.15, 0.2) is 87.6 Å². The van der Waals surface area contributed by atoms with Crippen LogP contribution in [-0.4, -0.2) is 45.7 Å². The Balaban J connectivity index is 1.86. The highest BCUT2D eigenvalue weighted by molar-refractivity contribution is 7.99. The van der Waals surface area contributed by atoms with Crippen molar-refractivity contribution < 1.29 is 30.0 Å². The summed E-state index contributed by atoms with van der Waals surface area (Å²) in [6.45, 7) is 0.913. The van der Waals surface area contributed by atoms with E-state index < -0.39 is 41.2 Å². The molecule has 1 aromatic heterocycles. The van der Waals surface area contributed by atoms with Gasteiger partial charge in [0.05, 0.1) is 16.3 Å². The van der Waals surface area contributed by atoms with Crippen LogP contribution in [0.4, 0.5) is 18.9 Å². The van der Waals surface area contributed by atoms with Gasteiger partial charge in [-0.1, -0.05) is 24.3 Å². The monoisotopic (exact) mass is 574 g/mol. The molecule has 8 nitrogen and oxygen atoms in total. The number of halogens is 3. The normalized spacial score (nSPS) is 13.3. The number of aromatic nitrogens is 1. The van der Waals surface area contributed by atoms with E-state index in [-0.39, 0.29) is 5.69 Å². The first-order valence-corrected chi connectivity index (χ1v) is 14.9. The highest BCUT2D eigenvalue weighted by Gasteiger charge is 2.48. The zero-order chi connectivity index (χ0) is 27.1. The fourth-order valence-corrected chi connectivity index (χ4v) is 5.83. The minimum absolute atomic E-state index is 0.367. The molecule has 0 fully saturated rings. The molecule has 0 aliphatic heterocycles. The molecule has 0 amide bonds. The SMILES string of the molecule is NS(=O)(=O)c1ccc(N[C@H](CCNCc2ccccn2)CSc2ccccc2)c(S(=O)(=O)C(F)(F)F)c1. The van der Waals surface area contributed by atoms with Gasteiger partial charge in [0.15, 0.2) is 0 Å². The van der Waals surface area contributed by atoms with Crippen molar-refractivity contribution in [2.45, 2.75) is 39.2 Å². The summed E-state index contributed by atoms with van der Waals surface area (Å²) in [5.41, 5.74) is -5.20. The van der Waals surface area contributed by atoms with Crippen LogP contribution in [0.2, 0.25) is 0 Å². The van der Waals surface area contributed by atoms with Gasteiger partial charge in [0, 0.05) is 29.4 Å². The van der Waals surface area contributed by atoms with Crippen molar-refractivity contribution in [3.8, 4) is 0 Å². The lowest BCUT2D eigenvalue weighted by Crippen LogP contribution is -2.30. The first-order valence-electron chi connectivity index (χ1n) is 10.9. The van der Waals surface area contributed by atoms with Gasteiger partial charge in [-0.05, 0) is 55.4 Å². The topological polar surface area (TPSA) is 131 Å². The molecular weight excluding hydrogens is 549 g/mol. The molecule has 0 unspecified atom stereocenters. The van der Waals surface area contributed by atoms with Crippen molar-refractivity contribution in [3.63, 3.8) is 0 Å². The number of nitrogens with one attached hydrogen (secondary N) is 2. The molecular formula is C23H25F3N4O4S3. The van der Waals surface area contributed by atoms with Crippen molar-refractivity contribution in [2.24, 2.45) is 5.14 Å². The van der Waals surface area contributed by atoms with Gasteiger partial charge in [-0.25, -0.2) is 22.0 Å². The summed E-state index contributed by atoms with van der Waals surface area (Å²) in [5, 5.41) is 11.1. The van der Waals surface area contributed by atoms with Crippen LogP contribution in [0.1, 0.15) is 12.1 Å². The molecule has 3 aromatic rings. The first-order chi connectivity index (χ1) is 17.4. The summed E-state index contributed by atoms with van der Waals surface area (Å²) in [6, 6.07) is 16.7. The molecule has 0 bridgehead atoms. The van der Waals surface area contributed by atoms with Crippen molar-refractivity contribution >= 4 is 37.3 Å². The number of pyridine rings is 1.